The van der Waals surface area contributed by atoms with E-state index in [1.54, 1.807) is 11.1 Å². The molecular weight excluding hydrogens is 296 g/mol. The average Bonchev–Trinajstić information content (AvgIpc) is 3.18. The molecule has 1 aliphatic heterocycles. The van der Waals surface area contributed by atoms with E-state index < -0.39 is 0 Å². The molecule has 4 heteroatoms. The minimum Gasteiger partial charge on any atom is -0.314 e. The highest BCUT2D eigenvalue weighted by Crippen LogP contribution is 2.38. The van der Waals surface area contributed by atoms with Gasteiger partial charge in [-0.3, -0.25) is 0 Å². The van der Waals surface area contributed by atoms with Gasteiger partial charge in [0.15, 0.2) is 0 Å². The van der Waals surface area contributed by atoms with Crippen LogP contribution in [0.1, 0.15) is 48.5 Å². The number of rotatable bonds is 3. The first kappa shape index (κ1) is 14.6. The maximum absolute atomic E-state index is 4.43. The van der Waals surface area contributed by atoms with Crippen molar-refractivity contribution in [1.82, 2.24) is 20.1 Å². The van der Waals surface area contributed by atoms with Crippen LogP contribution < -0.4 is 5.32 Å². The van der Waals surface area contributed by atoms with Crippen LogP contribution in [-0.2, 0) is 32.4 Å². The molecule has 1 aromatic heterocycles. The van der Waals surface area contributed by atoms with E-state index in [0.29, 0.717) is 6.04 Å². The number of hydrogen-bond donors (Lipinski definition) is 1. The Balaban J connectivity index is 1.36. The number of aryl methyl sites for hydroxylation is 1. The Bertz CT molecular complexity index is 702. The van der Waals surface area contributed by atoms with Gasteiger partial charge < -0.3 is 9.88 Å². The SMILES string of the molecule is c1ccc2c(c1)C[C@H]1CCC[C@@H](C2)C1NCc1nnc2n1CCC2. The molecule has 1 saturated carbocycles. The monoisotopic (exact) mass is 322 g/mol. The molecule has 24 heavy (non-hydrogen) atoms. The predicted molar refractivity (Wildman–Crippen MR) is 93.7 cm³/mol. The molecule has 0 saturated heterocycles. The fourth-order valence-corrected chi connectivity index (χ4v) is 5.25. The van der Waals surface area contributed by atoms with Gasteiger partial charge in [0, 0.05) is 19.0 Å². The van der Waals surface area contributed by atoms with Gasteiger partial charge in [-0.15, -0.1) is 10.2 Å². The smallest absolute Gasteiger partial charge is 0.147 e. The second kappa shape index (κ2) is 5.99. The van der Waals surface area contributed by atoms with Crippen LogP contribution in [0, 0.1) is 11.8 Å². The fraction of sp³-hybridized carbons (Fsp3) is 0.600. The largest absolute Gasteiger partial charge is 0.314 e. The van der Waals surface area contributed by atoms with E-state index in [9.17, 15) is 0 Å². The van der Waals surface area contributed by atoms with Crippen molar-refractivity contribution in [3.05, 3.63) is 47.0 Å². The molecule has 0 spiro atoms. The first-order valence-electron chi connectivity index (χ1n) is 9.59. The van der Waals surface area contributed by atoms with Crippen LogP contribution >= 0.6 is 0 Å². The lowest BCUT2D eigenvalue weighted by atomic mass is 9.75. The van der Waals surface area contributed by atoms with Crippen LogP contribution in [0.5, 0.6) is 0 Å². The summed E-state index contributed by atoms with van der Waals surface area (Å²) in [7, 11) is 0. The van der Waals surface area contributed by atoms with Crippen molar-refractivity contribution >= 4 is 0 Å². The highest BCUT2D eigenvalue weighted by molar-refractivity contribution is 5.30. The number of nitrogens with one attached hydrogen (secondary N) is 1. The number of benzene rings is 1. The van der Waals surface area contributed by atoms with E-state index in [0.717, 1.165) is 37.2 Å². The molecule has 1 unspecified atom stereocenters. The molecule has 2 aromatic rings. The summed E-state index contributed by atoms with van der Waals surface area (Å²) in [5.41, 5.74) is 3.17. The number of aromatic nitrogens is 3. The van der Waals surface area contributed by atoms with E-state index >= 15 is 0 Å². The molecule has 3 atom stereocenters. The molecule has 1 fully saturated rings. The van der Waals surface area contributed by atoms with E-state index in [2.05, 4.69) is 44.3 Å². The Morgan fingerprint density at radius 2 is 1.75 bits per heavy atom. The summed E-state index contributed by atoms with van der Waals surface area (Å²) in [5.74, 6) is 3.87. The molecule has 2 aliphatic carbocycles. The van der Waals surface area contributed by atoms with Crippen LogP contribution in [0.4, 0.5) is 0 Å². The molecule has 0 radical (unpaired) electrons. The Morgan fingerprint density at radius 1 is 1.00 bits per heavy atom. The van der Waals surface area contributed by atoms with Crippen molar-refractivity contribution in [2.45, 2.75) is 64.1 Å². The summed E-state index contributed by atoms with van der Waals surface area (Å²) < 4.78 is 2.33. The average molecular weight is 322 g/mol. The van der Waals surface area contributed by atoms with Gasteiger partial charge in [-0.1, -0.05) is 30.7 Å². The lowest BCUT2D eigenvalue weighted by molar-refractivity contribution is 0.186. The Hall–Kier alpha value is -1.68. The first-order chi connectivity index (χ1) is 11.9. The van der Waals surface area contributed by atoms with Crippen molar-refractivity contribution in [3.63, 3.8) is 0 Å². The second-order valence-electron chi connectivity index (χ2n) is 7.82. The number of hydrogen-bond acceptors (Lipinski definition) is 3. The first-order valence-corrected chi connectivity index (χ1v) is 9.59. The normalized spacial score (nSPS) is 28.2. The lowest BCUT2D eigenvalue weighted by Crippen LogP contribution is -2.45. The van der Waals surface area contributed by atoms with E-state index in [4.69, 9.17) is 0 Å². The molecule has 5 rings (SSSR count). The van der Waals surface area contributed by atoms with Gasteiger partial charge in [0.2, 0.25) is 0 Å². The van der Waals surface area contributed by atoms with Crippen molar-refractivity contribution < 1.29 is 0 Å². The third kappa shape index (κ3) is 2.48. The molecule has 1 N–H and O–H groups in total. The van der Waals surface area contributed by atoms with Crippen LogP contribution in [0.15, 0.2) is 24.3 Å². The molecule has 126 valence electrons. The summed E-state index contributed by atoms with van der Waals surface area (Å²) >= 11 is 0. The van der Waals surface area contributed by atoms with Gasteiger partial charge in [-0.05, 0) is 55.1 Å². The standard InChI is InChI=1S/C20H26N4/c1-2-6-15-12-17-8-3-7-16(11-14(15)5-1)20(17)21-13-19-23-22-18-9-4-10-24(18)19/h1-2,5-6,16-17,20-21H,3-4,7-13H2/t16-,17+,20?. The van der Waals surface area contributed by atoms with Crippen LogP contribution in [0.3, 0.4) is 0 Å². The van der Waals surface area contributed by atoms with E-state index in [1.807, 2.05) is 0 Å². The summed E-state index contributed by atoms with van der Waals surface area (Å²) in [6.07, 6.45) is 8.91. The maximum atomic E-state index is 4.43. The van der Waals surface area contributed by atoms with Crippen LogP contribution in [-0.4, -0.2) is 20.8 Å². The zero-order valence-electron chi connectivity index (χ0n) is 14.2. The van der Waals surface area contributed by atoms with Gasteiger partial charge in [-0.25, -0.2) is 0 Å². The molecular formula is C20H26N4. The van der Waals surface area contributed by atoms with E-state index in [-0.39, 0.29) is 0 Å². The summed E-state index contributed by atoms with van der Waals surface area (Å²) in [6, 6.07) is 9.73. The van der Waals surface area contributed by atoms with Gasteiger partial charge in [0.25, 0.3) is 0 Å². The molecule has 4 nitrogen and oxygen atoms in total. The zero-order chi connectivity index (χ0) is 15.9. The topological polar surface area (TPSA) is 42.7 Å². The van der Waals surface area contributed by atoms with Crippen LogP contribution in [0.2, 0.25) is 0 Å². The molecule has 2 heterocycles. The van der Waals surface area contributed by atoms with Gasteiger partial charge in [0.1, 0.15) is 11.6 Å². The number of nitrogens with zero attached hydrogens (tertiary/aromatic N) is 3. The second-order valence-corrected chi connectivity index (χ2v) is 7.82. The van der Waals surface area contributed by atoms with E-state index in [1.165, 1.54) is 44.3 Å². The fourth-order valence-electron chi connectivity index (χ4n) is 5.25. The zero-order valence-corrected chi connectivity index (χ0v) is 14.2. The van der Waals surface area contributed by atoms with Crippen molar-refractivity contribution in [2.24, 2.45) is 11.8 Å². The summed E-state index contributed by atoms with van der Waals surface area (Å²) in [6.45, 7) is 1.98. The molecule has 2 bridgehead atoms. The molecule has 1 aromatic carbocycles. The summed E-state index contributed by atoms with van der Waals surface area (Å²) in [4.78, 5) is 0. The Morgan fingerprint density at radius 3 is 2.50 bits per heavy atom. The Kier molecular flexibility index (Phi) is 3.66. The molecule has 0 amide bonds. The highest BCUT2D eigenvalue weighted by Gasteiger charge is 2.36. The van der Waals surface area contributed by atoms with Gasteiger partial charge in [-0.2, -0.15) is 0 Å². The molecule has 3 aliphatic rings. The van der Waals surface area contributed by atoms with Crippen LogP contribution in [0.25, 0.3) is 0 Å². The Labute approximate surface area is 143 Å². The van der Waals surface area contributed by atoms with Gasteiger partial charge in [0.05, 0.1) is 6.54 Å². The minimum absolute atomic E-state index is 0.625. The van der Waals surface area contributed by atoms with Crippen molar-refractivity contribution in [3.8, 4) is 0 Å². The maximum Gasteiger partial charge on any atom is 0.147 e. The minimum atomic E-state index is 0.625. The number of fused-ring (bicyclic) bond motifs is 4. The van der Waals surface area contributed by atoms with Gasteiger partial charge >= 0.3 is 0 Å². The quantitative estimate of drug-likeness (QED) is 0.945. The van der Waals surface area contributed by atoms with Crippen molar-refractivity contribution in [1.29, 1.82) is 0 Å². The lowest BCUT2D eigenvalue weighted by Gasteiger charge is -2.37. The third-order valence-electron chi connectivity index (χ3n) is 6.43. The highest BCUT2D eigenvalue weighted by atomic mass is 15.3. The summed E-state index contributed by atoms with van der Waals surface area (Å²) in [5, 5.41) is 12.7. The van der Waals surface area contributed by atoms with Crippen molar-refractivity contribution in [2.75, 3.05) is 0 Å². The third-order valence-corrected chi connectivity index (χ3v) is 6.43. The predicted octanol–water partition coefficient (Wildman–Crippen LogP) is 2.90.